The van der Waals surface area contributed by atoms with Gasteiger partial charge < -0.3 is 24.8 Å². The van der Waals surface area contributed by atoms with Crippen LogP contribution in [0.5, 0.6) is 5.75 Å². The molecule has 0 radical (unpaired) electrons. The van der Waals surface area contributed by atoms with Gasteiger partial charge in [0.2, 0.25) is 5.91 Å². The van der Waals surface area contributed by atoms with Crippen molar-refractivity contribution in [1.29, 1.82) is 0 Å². The number of carbonyl (C=O) groups excluding carboxylic acids is 3. The molecule has 3 amide bonds. The summed E-state index contributed by atoms with van der Waals surface area (Å²) in [7, 11) is 5.51. The second-order valence-corrected chi connectivity index (χ2v) is 11.3. The van der Waals surface area contributed by atoms with Gasteiger partial charge in [-0.25, -0.2) is 8.78 Å². The molecule has 45 heavy (non-hydrogen) atoms. The van der Waals surface area contributed by atoms with Crippen molar-refractivity contribution < 1.29 is 27.9 Å². The molecule has 3 aromatic rings. The number of nitrogens with zero attached hydrogens (tertiary/aromatic N) is 3. The van der Waals surface area contributed by atoms with Crippen LogP contribution in [0.4, 0.5) is 20.2 Å². The van der Waals surface area contributed by atoms with Crippen LogP contribution in [0.25, 0.3) is 5.57 Å². The highest BCUT2D eigenvalue weighted by Crippen LogP contribution is 2.43. The summed E-state index contributed by atoms with van der Waals surface area (Å²) >= 11 is 0. The van der Waals surface area contributed by atoms with Crippen LogP contribution in [0, 0.1) is 0 Å². The van der Waals surface area contributed by atoms with Gasteiger partial charge in [0.15, 0.2) is 0 Å². The van der Waals surface area contributed by atoms with Gasteiger partial charge >= 0.3 is 0 Å². The third-order valence-electron chi connectivity index (χ3n) is 8.27. The molecule has 0 bridgehead atoms. The van der Waals surface area contributed by atoms with Crippen molar-refractivity contribution in [3.8, 4) is 5.75 Å². The molecular weight excluding hydrogens is 602 g/mol. The second kappa shape index (κ2) is 14.2. The van der Waals surface area contributed by atoms with Crippen LogP contribution in [0.1, 0.15) is 45.5 Å². The van der Waals surface area contributed by atoms with Gasteiger partial charge in [0.25, 0.3) is 17.7 Å². The number of methoxy groups -OCH3 is 1. The van der Waals surface area contributed by atoms with Crippen molar-refractivity contribution in [1.82, 2.24) is 9.80 Å². The summed E-state index contributed by atoms with van der Waals surface area (Å²) in [6.07, 6.45) is 1.98. The molecule has 0 atom stereocenters. The summed E-state index contributed by atoms with van der Waals surface area (Å²) in [5.41, 5.74) is 1.24. The first-order valence-electron chi connectivity index (χ1n) is 14.6. The lowest BCUT2D eigenvalue weighted by molar-refractivity contribution is -0.127. The highest BCUT2D eigenvalue weighted by atomic mass is 35.5. The standard InChI is InChI=1S/C34H36F2N4O4.ClH/c1-38(2)26-15-18-39(19-16-26)31(41)22-29-28-9-4-5-10-30(28)40(20-17-34(29,35)36)33(43)23-11-13-25(14-12-23)37-32(42)24-7-6-8-27(21-24)44-3;/h4-14,21-22,26H,15-20H2,1-3H3,(H,37,42);1H/b29-22-;. The van der Waals surface area contributed by atoms with Gasteiger partial charge in [-0.1, -0.05) is 24.3 Å². The number of benzene rings is 3. The molecule has 0 aromatic heterocycles. The van der Waals surface area contributed by atoms with E-state index < -0.39 is 24.2 Å². The summed E-state index contributed by atoms with van der Waals surface area (Å²) in [4.78, 5) is 44.7. The minimum atomic E-state index is -3.32. The van der Waals surface area contributed by atoms with E-state index in [1.165, 1.54) is 18.1 Å². The fraction of sp³-hybridized carbons (Fsp3) is 0.324. The highest BCUT2D eigenvalue weighted by molar-refractivity contribution is 6.10. The minimum Gasteiger partial charge on any atom is -0.497 e. The molecule has 0 unspecified atom stereocenters. The number of hydrogen-bond donors (Lipinski definition) is 1. The molecule has 0 saturated carbocycles. The molecule has 1 N–H and O–H groups in total. The lowest BCUT2D eigenvalue weighted by atomic mass is 9.96. The van der Waals surface area contributed by atoms with E-state index in [0.717, 1.165) is 18.9 Å². The number of ether oxygens (including phenoxy) is 1. The van der Waals surface area contributed by atoms with Crippen LogP contribution in [0.2, 0.25) is 0 Å². The third-order valence-corrected chi connectivity index (χ3v) is 8.27. The zero-order valence-corrected chi connectivity index (χ0v) is 26.3. The van der Waals surface area contributed by atoms with Crippen molar-refractivity contribution in [2.75, 3.05) is 51.1 Å². The molecule has 2 heterocycles. The summed E-state index contributed by atoms with van der Waals surface area (Å²) in [5.74, 6) is -4.02. The Balaban J connectivity index is 0.00000461. The van der Waals surface area contributed by atoms with Gasteiger partial charge in [0.05, 0.1) is 12.8 Å². The van der Waals surface area contributed by atoms with E-state index in [1.807, 2.05) is 14.1 Å². The van der Waals surface area contributed by atoms with Crippen LogP contribution in [-0.4, -0.2) is 80.3 Å². The van der Waals surface area contributed by atoms with Gasteiger partial charge in [0.1, 0.15) is 5.75 Å². The van der Waals surface area contributed by atoms with Crippen LogP contribution in [0.15, 0.2) is 78.9 Å². The van der Waals surface area contributed by atoms with Gasteiger partial charge in [-0.3, -0.25) is 14.4 Å². The van der Waals surface area contributed by atoms with E-state index >= 15 is 8.78 Å². The summed E-state index contributed by atoms with van der Waals surface area (Å²) in [5, 5.41) is 2.79. The fourth-order valence-corrected chi connectivity index (χ4v) is 5.67. The van der Waals surface area contributed by atoms with Crippen LogP contribution in [-0.2, 0) is 4.79 Å². The van der Waals surface area contributed by atoms with Crippen LogP contribution < -0.4 is 15.0 Å². The molecule has 5 rings (SSSR count). The maximum atomic E-state index is 15.7. The molecular formula is C34H37ClF2N4O4. The van der Waals surface area contributed by atoms with E-state index in [-0.39, 0.29) is 41.6 Å². The number of para-hydroxylation sites is 1. The molecule has 238 valence electrons. The normalized spacial score (nSPS) is 17.2. The van der Waals surface area contributed by atoms with E-state index in [0.29, 0.717) is 41.8 Å². The molecule has 2 aliphatic heterocycles. The Bertz CT molecular complexity index is 1570. The smallest absolute Gasteiger partial charge is 0.275 e. The molecule has 2 aliphatic rings. The van der Waals surface area contributed by atoms with Crippen molar-refractivity contribution in [3.63, 3.8) is 0 Å². The van der Waals surface area contributed by atoms with Gasteiger partial charge in [-0.15, -0.1) is 12.4 Å². The number of amides is 3. The maximum Gasteiger partial charge on any atom is 0.275 e. The Morgan fingerprint density at radius 2 is 1.62 bits per heavy atom. The first kappa shape index (κ1) is 33.6. The Morgan fingerprint density at radius 1 is 0.933 bits per heavy atom. The number of halogens is 3. The SMILES string of the molecule is COc1cccc(C(=O)Nc2ccc(C(=O)N3CCC(F)(F)/C(=C\C(=O)N4CCC(N(C)C)CC4)c4ccccc43)cc2)c1.Cl. The maximum absolute atomic E-state index is 15.7. The van der Waals surface area contributed by atoms with Crippen molar-refractivity contribution in [2.45, 2.75) is 31.2 Å². The average molecular weight is 639 g/mol. The fourth-order valence-electron chi connectivity index (χ4n) is 5.67. The van der Waals surface area contributed by atoms with E-state index in [1.54, 1.807) is 71.6 Å². The van der Waals surface area contributed by atoms with Gasteiger partial charge in [-0.05, 0) is 75.5 Å². The highest BCUT2D eigenvalue weighted by Gasteiger charge is 2.42. The van der Waals surface area contributed by atoms with Crippen LogP contribution >= 0.6 is 12.4 Å². The first-order valence-corrected chi connectivity index (χ1v) is 14.6. The Labute approximate surface area is 268 Å². The number of rotatable bonds is 6. The largest absolute Gasteiger partial charge is 0.497 e. The molecule has 8 nitrogen and oxygen atoms in total. The molecule has 1 fully saturated rings. The van der Waals surface area contributed by atoms with Gasteiger partial charge in [0, 0.05) is 66.1 Å². The number of piperidine rings is 1. The van der Waals surface area contributed by atoms with Crippen molar-refractivity contribution in [2.24, 2.45) is 0 Å². The third kappa shape index (κ3) is 7.51. The molecule has 0 spiro atoms. The zero-order valence-electron chi connectivity index (χ0n) is 25.5. The second-order valence-electron chi connectivity index (χ2n) is 11.3. The number of allylic oxidation sites excluding steroid dienone is 1. The zero-order chi connectivity index (χ0) is 31.4. The number of alkyl halides is 2. The first-order chi connectivity index (χ1) is 21.1. The number of carbonyl (C=O) groups is 3. The van der Waals surface area contributed by atoms with E-state index in [4.69, 9.17) is 4.74 Å². The average Bonchev–Trinajstić information content (AvgIpc) is 3.14. The monoisotopic (exact) mass is 638 g/mol. The van der Waals surface area contributed by atoms with E-state index in [9.17, 15) is 14.4 Å². The molecule has 3 aromatic carbocycles. The quantitative estimate of drug-likeness (QED) is 0.336. The number of hydrogen-bond acceptors (Lipinski definition) is 5. The predicted octanol–water partition coefficient (Wildman–Crippen LogP) is 5.99. The Hall–Kier alpha value is -4.28. The number of anilines is 2. The number of fused-ring (bicyclic) bond motifs is 1. The number of nitrogens with one attached hydrogen (secondary N) is 1. The summed E-state index contributed by atoms with van der Waals surface area (Å²) in [6.45, 7) is 0.759. The number of likely N-dealkylation sites (tertiary alicyclic amines) is 1. The lowest BCUT2D eigenvalue weighted by Crippen LogP contribution is -2.44. The summed E-state index contributed by atoms with van der Waals surface area (Å²) < 4.78 is 36.5. The summed E-state index contributed by atoms with van der Waals surface area (Å²) in [6, 6.07) is 19.8. The Kier molecular flexibility index (Phi) is 10.6. The van der Waals surface area contributed by atoms with Crippen molar-refractivity contribution >= 4 is 47.1 Å². The Morgan fingerprint density at radius 3 is 2.29 bits per heavy atom. The lowest BCUT2D eigenvalue weighted by Gasteiger charge is -2.35. The van der Waals surface area contributed by atoms with Crippen LogP contribution in [0.3, 0.4) is 0 Å². The molecule has 11 heteroatoms. The van der Waals surface area contributed by atoms with Gasteiger partial charge in [-0.2, -0.15) is 0 Å². The van der Waals surface area contributed by atoms with Crippen molar-refractivity contribution in [3.05, 3.63) is 95.6 Å². The molecule has 1 saturated heterocycles. The predicted molar refractivity (Wildman–Crippen MR) is 174 cm³/mol. The molecule has 0 aliphatic carbocycles. The minimum absolute atomic E-state index is 0. The topological polar surface area (TPSA) is 82.2 Å². The van der Waals surface area contributed by atoms with E-state index in [2.05, 4.69) is 10.2 Å².